The molecule has 3 aliphatic rings. The van der Waals surface area contributed by atoms with E-state index in [1.54, 1.807) is 0 Å². The highest BCUT2D eigenvalue weighted by molar-refractivity contribution is 5.93. The third-order valence-electron chi connectivity index (χ3n) is 6.64. The molecule has 0 bridgehead atoms. The first-order chi connectivity index (χ1) is 12.3. The van der Waals surface area contributed by atoms with E-state index in [0.29, 0.717) is 0 Å². The average molecular weight is 342 g/mol. The predicted octanol–water partition coefficient (Wildman–Crippen LogP) is 2.73. The van der Waals surface area contributed by atoms with Gasteiger partial charge in [-0.1, -0.05) is 43.2 Å². The first kappa shape index (κ1) is 17.0. The zero-order chi connectivity index (χ0) is 17.2. The Morgan fingerprint density at radius 2 is 1.84 bits per heavy atom. The molecule has 1 N–H and O–H groups in total. The van der Waals surface area contributed by atoms with Crippen LogP contribution in [0.3, 0.4) is 0 Å². The second kappa shape index (κ2) is 7.08. The maximum Gasteiger partial charge on any atom is 0.231 e. The first-order valence-corrected chi connectivity index (χ1v) is 9.91. The Balaban J connectivity index is 1.36. The normalized spacial score (nSPS) is 28.2. The van der Waals surface area contributed by atoms with Crippen LogP contribution in [-0.2, 0) is 14.9 Å². The quantitative estimate of drug-likeness (QED) is 0.808. The van der Waals surface area contributed by atoms with Gasteiger partial charge in [0.1, 0.15) is 0 Å². The Hall–Kier alpha value is -1.39. The molecular formula is C21H30N2O2. The van der Waals surface area contributed by atoms with Crippen LogP contribution in [0, 0.1) is 5.41 Å². The Bertz CT molecular complexity index is 591. The number of carbonyl (C=O) groups excluding carboxylic acids is 1. The second-order valence-corrected chi connectivity index (χ2v) is 8.00. The molecule has 1 aliphatic heterocycles. The third-order valence-corrected chi connectivity index (χ3v) is 6.64. The van der Waals surface area contributed by atoms with Crippen LogP contribution < -0.4 is 5.32 Å². The topological polar surface area (TPSA) is 41.6 Å². The molecular weight excluding hydrogens is 312 g/mol. The summed E-state index contributed by atoms with van der Waals surface area (Å²) in [5.41, 5.74) is 1.20. The molecule has 1 aromatic rings. The van der Waals surface area contributed by atoms with Gasteiger partial charge in [0.2, 0.25) is 5.91 Å². The summed E-state index contributed by atoms with van der Waals surface area (Å²) in [6.07, 6.45) is 7.03. The average Bonchev–Trinajstić information content (AvgIpc) is 3.08. The number of amides is 1. The number of hydrogen-bond acceptors (Lipinski definition) is 3. The number of benzene rings is 1. The van der Waals surface area contributed by atoms with Gasteiger partial charge < -0.3 is 10.1 Å². The molecule has 1 atom stereocenters. The molecule has 1 aromatic carbocycles. The lowest BCUT2D eigenvalue weighted by Crippen LogP contribution is -2.41. The van der Waals surface area contributed by atoms with Gasteiger partial charge in [0.15, 0.2) is 0 Å². The molecule has 1 saturated heterocycles. The van der Waals surface area contributed by atoms with E-state index in [2.05, 4.69) is 34.5 Å². The van der Waals surface area contributed by atoms with Gasteiger partial charge in [-0.25, -0.2) is 0 Å². The van der Waals surface area contributed by atoms with Gasteiger partial charge >= 0.3 is 0 Å². The second-order valence-electron chi connectivity index (χ2n) is 8.00. The number of carbonyl (C=O) groups is 1. The van der Waals surface area contributed by atoms with Crippen molar-refractivity contribution in [2.75, 3.05) is 39.4 Å². The molecule has 1 spiro atoms. The van der Waals surface area contributed by atoms with Crippen LogP contribution in [0.1, 0.15) is 44.1 Å². The monoisotopic (exact) mass is 342 g/mol. The van der Waals surface area contributed by atoms with E-state index >= 15 is 0 Å². The van der Waals surface area contributed by atoms with Crippen molar-refractivity contribution in [1.29, 1.82) is 0 Å². The van der Waals surface area contributed by atoms with Gasteiger partial charge in [0.05, 0.1) is 18.6 Å². The fourth-order valence-electron chi connectivity index (χ4n) is 5.18. The molecule has 1 amide bonds. The molecule has 2 saturated carbocycles. The van der Waals surface area contributed by atoms with Crippen molar-refractivity contribution < 1.29 is 9.53 Å². The summed E-state index contributed by atoms with van der Waals surface area (Å²) in [7, 11) is 0. The van der Waals surface area contributed by atoms with E-state index in [9.17, 15) is 4.79 Å². The smallest absolute Gasteiger partial charge is 0.231 e. The molecule has 4 heteroatoms. The maximum absolute atomic E-state index is 13.2. The molecule has 3 fully saturated rings. The number of rotatable bonds is 6. The minimum Gasteiger partial charge on any atom is -0.379 e. The lowest BCUT2D eigenvalue weighted by molar-refractivity contribution is -0.124. The van der Waals surface area contributed by atoms with Crippen molar-refractivity contribution >= 4 is 5.91 Å². The predicted molar refractivity (Wildman–Crippen MR) is 98.5 cm³/mol. The molecule has 4 rings (SSSR count). The standard InChI is InChI=1S/C21H30N2O2/c24-19(22-11-6-12-23-13-15-25-16-14-23)21(18-7-2-1-3-8-18)17-20(21)9-4-5-10-20/h1-3,7-8H,4-6,9-17H2,(H,22,24)/t21-/m1/s1. The molecule has 25 heavy (non-hydrogen) atoms. The lowest BCUT2D eigenvalue weighted by Gasteiger charge is -2.27. The van der Waals surface area contributed by atoms with E-state index in [0.717, 1.165) is 52.2 Å². The van der Waals surface area contributed by atoms with Crippen molar-refractivity contribution in [1.82, 2.24) is 10.2 Å². The van der Waals surface area contributed by atoms with Gasteiger partial charge in [-0.3, -0.25) is 9.69 Å². The highest BCUT2D eigenvalue weighted by atomic mass is 16.5. The van der Waals surface area contributed by atoms with Crippen LogP contribution in [0.2, 0.25) is 0 Å². The van der Waals surface area contributed by atoms with Crippen molar-refractivity contribution in [3.63, 3.8) is 0 Å². The summed E-state index contributed by atoms with van der Waals surface area (Å²) < 4.78 is 5.39. The summed E-state index contributed by atoms with van der Waals surface area (Å²) in [4.78, 5) is 15.6. The zero-order valence-electron chi connectivity index (χ0n) is 15.1. The number of nitrogens with one attached hydrogen (secondary N) is 1. The minimum atomic E-state index is -0.260. The van der Waals surface area contributed by atoms with Crippen molar-refractivity contribution in [3.05, 3.63) is 35.9 Å². The Morgan fingerprint density at radius 3 is 2.56 bits per heavy atom. The maximum atomic E-state index is 13.2. The third kappa shape index (κ3) is 3.11. The minimum absolute atomic E-state index is 0.239. The number of nitrogens with zero attached hydrogens (tertiary/aromatic N) is 1. The molecule has 2 aliphatic carbocycles. The van der Waals surface area contributed by atoms with Crippen molar-refractivity contribution in [2.24, 2.45) is 5.41 Å². The molecule has 136 valence electrons. The van der Waals surface area contributed by atoms with Gasteiger partial charge in [0.25, 0.3) is 0 Å². The van der Waals surface area contributed by atoms with E-state index in [1.165, 1.54) is 31.2 Å². The summed E-state index contributed by atoms with van der Waals surface area (Å²) in [5, 5.41) is 3.28. The summed E-state index contributed by atoms with van der Waals surface area (Å²) in [5.74, 6) is 0.266. The van der Waals surface area contributed by atoms with Gasteiger partial charge in [-0.05, 0) is 43.2 Å². The molecule has 0 radical (unpaired) electrons. The number of morpholine rings is 1. The highest BCUT2D eigenvalue weighted by Gasteiger charge is 2.72. The molecule has 0 aromatic heterocycles. The lowest BCUT2D eigenvalue weighted by atomic mass is 9.84. The number of ether oxygens (including phenoxy) is 1. The first-order valence-electron chi connectivity index (χ1n) is 9.91. The van der Waals surface area contributed by atoms with Gasteiger partial charge in [-0.2, -0.15) is 0 Å². The fraction of sp³-hybridized carbons (Fsp3) is 0.667. The van der Waals surface area contributed by atoms with E-state index < -0.39 is 0 Å². The van der Waals surface area contributed by atoms with Crippen LogP contribution >= 0.6 is 0 Å². The molecule has 0 unspecified atom stereocenters. The van der Waals surface area contributed by atoms with E-state index in [4.69, 9.17) is 4.74 Å². The largest absolute Gasteiger partial charge is 0.379 e. The van der Waals surface area contributed by atoms with Crippen LogP contribution in [0.25, 0.3) is 0 Å². The Morgan fingerprint density at radius 1 is 1.12 bits per heavy atom. The van der Waals surface area contributed by atoms with Gasteiger partial charge in [-0.15, -0.1) is 0 Å². The van der Waals surface area contributed by atoms with Crippen LogP contribution in [0.5, 0.6) is 0 Å². The molecule has 4 nitrogen and oxygen atoms in total. The van der Waals surface area contributed by atoms with Crippen LogP contribution in [0.15, 0.2) is 30.3 Å². The van der Waals surface area contributed by atoms with Crippen molar-refractivity contribution in [3.8, 4) is 0 Å². The zero-order valence-corrected chi connectivity index (χ0v) is 15.1. The summed E-state index contributed by atoms with van der Waals surface area (Å²) in [6.45, 7) is 5.54. The SMILES string of the molecule is O=C(NCCCN1CCOCC1)[C@]1(c2ccccc2)CC12CCCC2. The Kier molecular flexibility index (Phi) is 4.83. The fourth-order valence-corrected chi connectivity index (χ4v) is 5.18. The highest BCUT2D eigenvalue weighted by Crippen LogP contribution is 2.72. The summed E-state index contributed by atoms with van der Waals surface area (Å²) >= 11 is 0. The molecule has 1 heterocycles. The summed E-state index contributed by atoms with van der Waals surface area (Å²) in [6, 6.07) is 10.5. The van der Waals surface area contributed by atoms with E-state index in [1.807, 2.05) is 6.07 Å². The van der Waals surface area contributed by atoms with Crippen molar-refractivity contribution in [2.45, 2.75) is 43.9 Å². The number of hydrogen-bond donors (Lipinski definition) is 1. The Labute approximate surface area is 150 Å². The van der Waals surface area contributed by atoms with Crippen LogP contribution in [0.4, 0.5) is 0 Å². The van der Waals surface area contributed by atoms with E-state index in [-0.39, 0.29) is 16.7 Å². The van der Waals surface area contributed by atoms with Crippen LogP contribution in [-0.4, -0.2) is 50.2 Å². The van der Waals surface area contributed by atoms with Gasteiger partial charge in [0, 0.05) is 19.6 Å².